The van der Waals surface area contributed by atoms with Gasteiger partial charge in [0.25, 0.3) is 0 Å². The van der Waals surface area contributed by atoms with Gasteiger partial charge < -0.3 is 19.3 Å². The monoisotopic (exact) mass is 344 g/mol. The van der Waals surface area contributed by atoms with E-state index in [2.05, 4.69) is 19.1 Å². The van der Waals surface area contributed by atoms with Gasteiger partial charge in [0.1, 0.15) is 11.5 Å². The molecule has 0 fully saturated rings. The van der Waals surface area contributed by atoms with Gasteiger partial charge >= 0.3 is 0 Å². The third-order valence-corrected chi connectivity index (χ3v) is 4.03. The van der Waals surface area contributed by atoms with Crippen LogP contribution in [-0.4, -0.2) is 25.6 Å². The average Bonchev–Trinajstić information content (AvgIpc) is 2.66. The van der Waals surface area contributed by atoms with E-state index in [-0.39, 0.29) is 13.4 Å². The van der Waals surface area contributed by atoms with Crippen molar-refractivity contribution in [2.24, 2.45) is 0 Å². The smallest absolute Gasteiger partial charge is 0.188 e. The molecular weight excluding hydrogens is 316 g/mol. The minimum Gasteiger partial charge on any atom is -0.494 e. The number of hydrogen-bond donors (Lipinski definition) is 1. The molecule has 2 rings (SSSR count). The number of aliphatic hydroxyl groups excluding tert-OH is 1. The van der Waals surface area contributed by atoms with Gasteiger partial charge in [0.05, 0.1) is 13.2 Å². The first-order valence-corrected chi connectivity index (χ1v) is 8.83. The molecule has 4 heteroatoms. The highest BCUT2D eigenvalue weighted by molar-refractivity contribution is 5.38. The summed E-state index contributed by atoms with van der Waals surface area (Å²) in [4.78, 5) is 0. The lowest BCUT2D eigenvalue weighted by Gasteiger charge is -2.11. The average molecular weight is 344 g/mol. The van der Waals surface area contributed by atoms with E-state index in [1.807, 2.05) is 30.3 Å². The molecule has 0 radical (unpaired) electrons. The third kappa shape index (κ3) is 6.40. The maximum absolute atomic E-state index is 9.39. The molecular formula is C21H28O4. The van der Waals surface area contributed by atoms with Gasteiger partial charge in [-0.25, -0.2) is 0 Å². The molecule has 0 aliphatic rings. The lowest BCUT2D eigenvalue weighted by Crippen LogP contribution is -2.03. The van der Waals surface area contributed by atoms with Crippen molar-refractivity contribution in [3.63, 3.8) is 0 Å². The van der Waals surface area contributed by atoms with E-state index in [1.165, 1.54) is 11.1 Å². The summed E-state index contributed by atoms with van der Waals surface area (Å²) < 4.78 is 16.2. The molecule has 1 N–H and O–H groups in total. The molecule has 0 heterocycles. The second-order valence-corrected chi connectivity index (χ2v) is 6.00. The fraction of sp³-hybridized carbons (Fsp3) is 0.429. The first-order chi connectivity index (χ1) is 12.3. The minimum atomic E-state index is -0.0428. The van der Waals surface area contributed by atoms with Crippen LogP contribution >= 0.6 is 0 Å². The summed E-state index contributed by atoms with van der Waals surface area (Å²) in [6, 6.07) is 14.2. The number of methoxy groups -OCH3 is 1. The van der Waals surface area contributed by atoms with Crippen LogP contribution in [0.1, 0.15) is 36.5 Å². The Morgan fingerprint density at radius 1 is 0.920 bits per heavy atom. The molecule has 0 saturated carbocycles. The van der Waals surface area contributed by atoms with Crippen LogP contribution in [0.25, 0.3) is 0 Å². The van der Waals surface area contributed by atoms with Crippen molar-refractivity contribution in [1.82, 2.24) is 0 Å². The summed E-state index contributed by atoms with van der Waals surface area (Å²) in [6.07, 6.45) is 4.07. The molecule has 0 bridgehead atoms. The maximum atomic E-state index is 9.39. The van der Waals surface area contributed by atoms with Gasteiger partial charge in [0.15, 0.2) is 6.79 Å². The molecule has 4 nitrogen and oxygen atoms in total. The standard InChI is InChI=1S/C21H28O4/c1-3-4-13-24-20-11-8-17(9-12-20)5-6-18-7-10-19(15-22)21(14-18)25-16-23-2/h7-12,14,22H,3-6,13,15-16H2,1-2H3. The minimum absolute atomic E-state index is 0.0428. The lowest BCUT2D eigenvalue weighted by molar-refractivity contribution is 0.0494. The zero-order chi connectivity index (χ0) is 17.9. The Balaban J connectivity index is 1.91. The Hall–Kier alpha value is -2.04. The highest BCUT2D eigenvalue weighted by Gasteiger charge is 2.05. The summed E-state index contributed by atoms with van der Waals surface area (Å²) in [5, 5.41) is 9.39. The van der Waals surface area contributed by atoms with Gasteiger partial charge in [-0.3, -0.25) is 0 Å². The first-order valence-electron chi connectivity index (χ1n) is 8.83. The Morgan fingerprint density at radius 2 is 1.64 bits per heavy atom. The second-order valence-electron chi connectivity index (χ2n) is 6.00. The fourth-order valence-electron chi connectivity index (χ4n) is 2.52. The van der Waals surface area contributed by atoms with Crippen molar-refractivity contribution >= 4 is 0 Å². The SMILES string of the molecule is CCCCOc1ccc(CCc2ccc(CO)c(OCOC)c2)cc1. The molecule has 0 aliphatic heterocycles. The summed E-state index contributed by atoms with van der Waals surface area (Å²) in [7, 11) is 1.58. The Kier molecular flexibility index (Phi) is 8.29. The van der Waals surface area contributed by atoms with Crippen LogP contribution in [0.15, 0.2) is 42.5 Å². The van der Waals surface area contributed by atoms with Crippen molar-refractivity contribution in [3.05, 3.63) is 59.2 Å². The van der Waals surface area contributed by atoms with Crippen LogP contribution < -0.4 is 9.47 Å². The van der Waals surface area contributed by atoms with Crippen molar-refractivity contribution in [3.8, 4) is 11.5 Å². The number of hydrogen-bond acceptors (Lipinski definition) is 4. The number of aliphatic hydroxyl groups is 1. The van der Waals surface area contributed by atoms with Crippen LogP contribution in [0.4, 0.5) is 0 Å². The van der Waals surface area contributed by atoms with E-state index in [9.17, 15) is 5.11 Å². The molecule has 0 spiro atoms. The molecule has 0 unspecified atom stereocenters. The van der Waals surface area contributed by atoms with Crippen LogP contribution in [0.3, 0.4) is 0 Å². The summed E-state index contributed by atoms with van der Waals surface area (Å²) >= 11 is 0. The Labute approximate surface area is 150 Å². The van der Waals surface area contributed by atoms with E-state index in [0.29, 0.717) is 5.75 Å². The van der Waals surface area contributed by atoms with Crippen molar-refractivity contribution in [1.29, 1.82) is 0 Å². The molecule has 0 atom stereocenters. The Bertz CT molecular complexity index is 622. The van der Waals surface area contributed by atoms with Crippen molar-refractivity contribution in [2.75, 3.05) is 20.5 Å². The fourth-order valence-corrected chi connectivity index (χ4v) is 2.52. The number of benzene rings is 2. The molecule has 0 amide bonds. The predicted octanol–water partition coefficient (Wildman–Crippen LogP) is 4.13. The zero-order valence-corrected chi connectivity index (χ0v) is 15.2. The number of ether oxygens (including phenoxy) is 3. The summed E-state index contributed by atoms with van der Waals surface area (Å²) in [5.74, 6) is 1.61. The number of rotatable bonds is 11. The highest BCUT2D eigenvalue weighted by Crippen LogP contribution is 2.22. The normalized spacial score (nSPS) is 10.7. The van der Waals surface area contributed by atoms with Gasteiger partial charge in [-0.2, -0.15) is 0 Å². The molecule has 0 aliphatic carbocycles. The molecule has 136 valence electrons. The van der Waals surface area contributed by atoms with E-state index < -0.39 is 0 Å². The molecule has 2 aromatic carbocycles. The molecule has 0 saturated heterocycles. The number of aryl methyl sites for hydroxylation is 2. The van der Waals surface area contributed by atoms with Gasteiger partial charge in [-0.05, 0) is 48.6 Å². The lowest BCUT2D eigenvalue weighted by atomic mass is 10.0. The van der Waals surface area contributed by atoms with Crippen LogP contribution in [0.2, 0.25) is 0 Å². The van der Waals surface area contributed by atoms with Gasteiger partial charge in [0.2, 0.25) is 0 Å². The zero-order valence-electron chi connectivity index (χ0n) is 15.2. The quantitative estimate of drug-likeness (QED) is 0.492. The van der Waals surface area contributed by atoms with Gasteiger partial charge in [-0.1, -0.05) is 37.6 Å². The van der Waals surface area contributed by atoms with Crippen LogP contribution in [0, 0.1) is 0 Å². The van der Waals surface area contributed by atoms with E-state index in [4.69, 9.17) is 14.2 Å². The van der Waals surface area contributed by atoms with E-state index >= 15 is 0 Å². The predicted molar refractivity (Wildman–Crippen MR) is 99.1 cm³/mol. The summed E-state index contributed by atoms with van der Waals surface area (Å²) in [6.45, 7) is 3.07. The molecule has 25 heavy (non-hydrogen) atoms. The van der Waals surface area contributed by atoms with E-state index in [1.54, 1.807) is 7.11 Å². The maximum Gasteiger partial charge on any atom is 0.188 e. The summed E-state index contributed by atoms with van der Waals surface area (Å²) in [5.41, 5.74) is 3.22. The second kappa shape index (κ2) is 10.7. The van der Waals surface area contributed by atoms with Crippen LogP contribution in [0.5, 0.6) is 11.5 Å². The van der Waals surface area contributed by atoms with Crippen LogP contribution in [-0.2, 0) is 24.2 Å². The highest BCUT2D eigenvalue weighted by atomic mass is 16.7. The Morgan fingerprint density at radius 3 is 2.32 bits per heavy atom. The first kappa shape index (κ1) is 19.3. The topological polar surface area (TPSA) is 47.9 Å². The van der Waals surface area contributed by atoms with Crippen molar-refractivity contribution in [2.45, 2.75) is 39.2 Å². The van der Waals surface area contributed by atoms with E-state index in [0.717, 1.165) is 43.6 Å². The largest absolute Gasteiger partial charge is 0.494 e. The van der Waals surface area contributed by atoms with Gasteiger partial charge in [-0.15, -0.1) is 0 Å². The number of unbranched alkanes of at least 4 members (excludes halogenated alkanes) is 1. The molecule has 2 aromatic rings. The molecule has 0 aromatic heterocycles. The van der Waals surface area contributed by atoms with Gasteiger partial charge in [0, 0.05) is 12.7 Å². The van der Waals surface area contributed by atoms with Crippen molar-refractivity contribution < 1.29 is 19.3 Å². The third-order valence-electron chi connectivity index (χ3n) is 4.03.